The fourth-order valence-corrected chi connectivity index (χ4v) is 1.80. The first kappa shape index (κ1) is 16.2. The largest absolute Gasteiger partial charge is 0.478 e. The molecule has 0 aliphatic rings. The fourth-order valence-electron chi connectivity index (χ4n) is 1.80. The lowest BCUT2D eigenvalue weighted by Crippen LogP contribution is -2.23. The Morgan fingerprint density at radius 2 is 1.95 bits per heavy atom. The van der Waals surface area contributed by atoms with Crippen molar-refractivity contribution >= 4 is 23.4 Å². The van der Waals surface area contributed by atoms with Crippen LogP contribution in [0.15, 0.2) is 49.6 Å². The number of hydrogen-bond acceptors (Lipinski definition) is 4. The number of nitro groups is 1. The zero-order chi connectivity index (χ0) is 15.8. The number of carbonyl (C=O) groups is 1. The van der Waals surface area contributed by atoms with Gasteiger partial charge in [0.05, 0.1) is 10.5 Å². The second kappa shape index (κ2) is 7.64. The number of aliphatic carboxylic acids is 1. The molecule has 0 heterocycles. The summed E-state index contributed by atoms with van der Waals surface area (Å²) in [6.07, 6.45) is 5.50. The van der Waals surface area contributed by atoms with Gasteiger partial charge in [0.15, 0.2) is 0 Å². The maximum atomic E-state index is 11.0. The highest BCUT2D eigenvalue weighted by Gasteiger charge is 2.14. The van der Waals surface area contributed by atoms with Gasteiger partial charge < -0.3 is 10.0 Å². The van der Waals surface area contributed by atoms with Crippen molar-refractivity contribution in [2.75, 3.05) is 18.0 Å². The first-order valence-corrected chi connectivity index (χ1v) is 6.15. The Hall–Kier alpha value is -2.89. The van der Waals surface area contributed by atoms with Gasteiger partial charge in [-0.15, -0.1) is 13.2 Å². The van der Waals surface area contributed by atoms with Crippen LogP contribution in [0.2, 0.25) is 0 Å². The first-order chi connectivity index (χ1) is 9.99. The molecule has 0 unspecified atom stereocenters. The zero-order valence-corrected chi connectivity index (χ0v) is 11.4. The Labute approximate surface area is 122 Å². The van der Waals surface area contributed by atoms with Crippen molar-refractivity contribution in [2.24, 2.45) is 0 Å². The number of nitro benzene ring substituents is 1. The van der Waals surface area contributed by atoms with Gasteiger partial charge in [-0.05, 0) is 18.2 Å². The van der Waals surface area contributed by atoms with E-state index in [2.05, 4.69) is 13.2 Å². The molecule has 0 saturated heterocycles. The third-order valence-electron chi connectivity index (χ3n) is 2.68. The minimum atomic E-state index is -1.16. The Morgan fingerprint density at radius 3 is 2.43 bits per heavy atom. The van der Waals surface area contributed by atoms with E-state index in [9.17, 15) is 14.9 Å². The van der Waals surface area contributed by atoms with E-state index in [-0.39, 0.29) is 11.3 Å². The molecule has 0 amide bonds. The number of carboxylic acid groups (broad SMARTS) is 1. The van der Waals surface area contributed by atoms with E-state index in [1.807, 2.05) is 4.90 Å². The van der Waals surface area contributed by atoms with Gasteiger partial charge in [0.25, 0.3) is 5.69 Å². The summed E-state index contributed by atoms with van der Waals surface area (Å²) in [5.41, 5.74) is 0.817. The molecule has 0 aliphatic heterocycles. The highest BCUT2D eigenvalue weighted by Crippen LogP contribution is 2.26. The SMILES string of the molecule is C=CCN(CC=C)c1ccc([N+](=O)[O-])c(/C=C/C(=O)O)c1. The van der Waals surface area contributed by atoms with Crippen molar-refractivity contribution in [3.8, 4) is 0 Å². The average molecular weight is 288 g/mol. The molecule has 6 nitrogen and oxygen atoms in total. The molecule has 110 valence electrons. The third kappa shape index (κ3) is 4.61. The Balaban J connectivity index is 3.27. The van der Waals surface area contributed by atoms with E-state index in [0.717, 1.165) is 11.8 Å². The van der Waals surface area contributed by atoms with E-state index in [0.29, 0.717) is 13.1 Å². The number of carboxylic acids is 1. The van der Waals surface area contributed by atoms with Gasteiger partial charge in [-0.1, -0.05) is 12.2 Å². The predicted octanol–water partition coefficient (Wildman–Crippen LogP) is 2.87. The maximum Gasteiger partial charge on any atom is 0.328 e. The number of rotatable bonds is 8. The molecule has 1 rings (SSSR count). The van der Waals surface area contributed by atoms with Gasteiger partial charge in [-0.2, -0.15) is 0 Å². The molecule has 1 N–H and O–H groups in total. The van der Waals surface area contributed by atoms with E-state index in [1.54, 1.807) is 24.3 Å². The smallest absolute Gasteiger partial charge is 0.328 e. The summed E-state index contributed by atoms with van der Waals surface area (Å²) in [5.74, 6) is -1.16. The molecule has 0 saturated carbocycles. The number of anilines is 1. The summed E-state index contributed by atoms with van der Waals surface area (Å²) in [6.45, 7) is 8.42. The second-order valence-corrected chi connectivity index (χ2v) is 4.15. The zero-order valence-electron chi connectivity index (χ0n) is 11.4. The molecule has 0 aliphatic carbocycles. The summed E-state index contributed by atoms with van der Waals surface area (Å²) >= 11 is 0. The maximum absolute atomic E-state index is 11.0. The molecular weight excluding hydrogens is 272 g/mol. The monoisotopic (exact) mass is 288 g/mol. The predicted molar refractivity (Wildman–Crippen MR) is 82.4 cm³/mol. The minimum Gasteiger partial charge on any atom is -0.478 e. The lowest BCUT2D eigenvalue weighted by atomic mass is 10.1. The van der Waals surface area contributed by atoms with Crippen LogP contribution in [0, 0.1) is 10.1 Å². The second-order valence-electron chi connectivity index (χ2n) is 4.15. The standard InChI is InChI=1S/C15H16N2O4/c1-3-9-16(10-4-2)13-6-7-14(17(20)21)12(11-13)5-8-15(18)19/h3-8,11H,1-2,9-10H2,(H,18,19)/b8-5+. The van der Waals surface area contributed by atoms with Crippen LogP contribution in [-0.4, -0.2) is 29.1 Å². The summed E-state index contributed by atoms with van der Waals surface area (Å²) in [5, 5.41) is 19.6. The molecule has 1 aromatic carbocycles. The van der Waals surface area contributed by atoms with Gasteiger partial charge in [0, 0.05) is 30.9 Å². The van der Waals surface area contributed by atoms with E-state index in [4.69, 9.17) is 5.11 Å². The van der Waals surface area contributed by atoms with Crippen molar-refractivity contribution < 1.29 is 14.8 Å². The molecular formula is C15H16N2O4. The van der Waals surface area contributed by atoms with Crippen molar-refractivity contribution in [1.82, 2.24) is 0 Å². The van der Waals surface area contributed by atoms with Crippen LogP contribution in [0.4, 0.5) is 11.4 Å². The molecule has 21 heavy (non-hydrogen) atoms. The summed E-state index contributed by atoms with van der Waals surface area (Å²) in [4.78, 5) is 22.9. The summed E-state index contributed by atoms with van der Waals surface area (Å²) in [6, 6.07) is 4.55. The molecule has 1 aromatic rings. The van der Waals surface area contributed by atoms with Crippen LogP contribution < -0.4 is 4.90 Å². The van der Waals surface area contributed by atoms with Gasteiger partial charge >= 0.3 is 5.97 Å². The summed E-state index contributed by atoms with van der Waals surface area (Å²) < 4.78 is 0. The minimum absolute atomic E-state index is 0.145. The highest BCUT2D eigenvalue weighted by molar-refractivity contribution is 5.86. The molecule has 0 fully saturated rings. The lowest BCUT2D eigenvalue weighted by Gasteiger charge is -2.21. The van der Waals surface area contributed by atoms with Gasteiger partial charge in [-0.25, -0.2) is 4.79 Å². The average Bonchev–Trinajstić information content (AvgIpc) is 2.44. The molecule has 0 aromatic heterocycles. The first-order valence-electron chi connectivity index (χ1n) is 6.15. The Bertz CT molecular complexity index is 583. The molecule has 6 heteroatoms. The molecule has 0 bridgehead atoms. The number of benzene rings is 1. The number of nitrogens with zero attached hydrogens (tertiary/aromatic N) is 2. The third-order valence-corrected chi connectivity index (χ3v) is 2.68. The van der Waals surface area contributed by atoms with Gasteiger partial charge in [0.1, 0.15) is 0 Å². The molecule has 0 spiro atoms. The highest BCUT2D eigenvalue weighted by atomic mass is 16.6. The van der Waals surface area contributed by atoms with Crippen LogP contribution in [-0.2, 0) is 4.79 Å². The van der Waals surface area contributed by atoms with Crippen LogP contribution in [0.25, 0.3) is 6.08 Å². The van der Waals surface area contributed by atoms with E-state index in [1.165, 1.54) is 12.1 Å². The molecule has 0 atom stereocenters. The van der Waals surface area contributed by atoms with Crippen LogP contribution >= 0.6 is 0 Å². The Kier molecular flexibility index (Phi) is 5.88. The van der Waals surface area contributed by atoms with Gasteiger partial charge in [-0.3, -0.25) is 10.1 Å². The van der Waals surface area contributed by atoms with Crippen molar-refractivity contribution in [1.29, 1.82) is 0 Å². The van der Waals surface area contributed by atoms with Crippen molar-refractivity contribution in [3.05, 3.63) is 65.3 Å². The number of hydrogen-bond donors (Lipinski definition) is 1. The lowest BCUT2D eigenvalue weighted by molar-refractivity contribution is -0.385. The molecule has 0 radical (unpaired) electrons. The van der Waals surface area contributed by atoms with Crippen LogP contribution in [0.3, 0.4) is 0 Å². The van der Waals surface area contributed by atoms with Crippen molar-refractivity contribution in [2.45, 2.75) is 0 Å². The van der Waals surface area contributed by atoms with E-state index >= 15 is 0 Å². The quantitative estimate of drug-likeness (QED) is 0.344. The summed E-state index contributed by atoms with van der Waals surface area (Å²) in [7, 11) is 0. The Morgan fingerprint density at radius 1 is 1.33 bits per heavy atom. The van der Waals surface area contributed by atoms with Crippen LogP contribution in [0.1, 0.15) is 5.56 Å². The normalized spacial score (nSPS) is 10.3. The topological polar surface area (TPSA) is 83.7 Å². The van der Waals surface area contributed by atoms with Gasteiger partial charge in [0.2, 0.25) is 0 Å². The fraction of sp³-hybridized carbons (Fsp3) is 0.133. The van der Waals surface area contributed by atoms with Crippen LogP contribution in [0.5, 0.6) is 0 Å². The van der Waals surface area contributed by atoms with Crippen molar-refractivity contribution in [3.63, 3.8) is 0 Å². The van der Waals surface area contributed by atoms with E-state index < -0.39 is 10.9 Å².